The first-order valence-corrected chi connectivity index (χ1v) is 7.45. The van der Waals surface area contributed by atoms with Gasteiger partial charge in [0.2, 0.25) is 0 Å². The Balaban J connectivity index is 3.29. The second-order valence-electron chi connectivity index (χ2n) is 5.25. The molecule has 0 saturated heterocycles. The number of phenols is 1. The van der Waals surface area contributed by atoms with E-state index in [4.69, 9.17) is 4.74 Å². The summed E-state index contributed by atoms with van der Waals surface area (Å²) in [6.45, 7) is 9.51. The molecule has 0 heterocycles. The molecule has 0 aliphatic heterocycles. The minimum atomic E-state index is -0.432. The van der Waals surface area contributed by atoms with Gasteiger partial charge in [-0.25, -0.2) is 0 Å². The van der Waals surface area contributed by atoms with Crippen molar-refractivity contribution in [2.45, 2.75) is 33.2 Å². The standard InChI is InChI=1S/C18H22N2O3/c1-5-7-14-8-13(10-16(17(14)21)23-6-2)9-15(11-19)18(22)20-12(3)4/h5,8-10,12,21H,1,6-7H2,2-4H3,(H,20,22)/b15-9-. The Labute approximate surface area is 136 Å². The molecule has 0 unspecified atom stereocenters. The third-order valence-corrected chi connectivity index (χ3v) is 2.94. The van der Waals surface area contributed by atoms with E-state index in [0.717, 1.165) is 0 Å². The maximum Gasteiger partial charge on any atom is 0.262 e. The van der Waals surface area contributed by atoms with Gasteiger partial charge in [0.15, 0.2) is 11.5 Å². The van der Waals surface area contributed by atoms with Crippen molar-refractivity contribution in [2.75, 3.05) is 6.61 Å². The highest BCUT2D eigenvalue weighted by Gasteiger charge is 2.13. The van der Waals surface area contributed by atoms with Crippen LogP contribution in [-0.2, 0) is 11.2 Å². The van der Waals surface area contributed by atoms with E-state index in [-0.39, 0.29) is 17.4 Å². The van der Waals surface area contributed by atoms with Gasteiger partial charge in [0, 0.05) is 11.6 Å². The van der Waals surface area contributed by atoms with Gasteiger partial charge in [-0.2, -0.15) is 5.26 Å². The third kappa shape index (κ3) is 5.19. The monoisotopic (exact) mass is 314 g/mol. The molecule has 0 saturated carbocycles. The highest BCUT2D eigenvalue weighted by molar-refractivity contribution is 6.01. The molecule has 5 nitrogen and oxygen atoms in total. The SMILES string of the molecule is C=CCc1cc(/C=C(/C#N)C(=O)NC(C)C)cc(OCC)c1O. The molecule has 0 atom stereocenters. The van der Waals surface area contributed by atoms with Crippen LogP contribution in [0.2, 0.25) is 0 Å². The number of benzene rings is 1. The van der Waals surface area contributed by atoms with E-state index >= 15 is 0 Å². The van der Waals surface area contributed by atoms with Crippen molar-refractivity contribution in [3.05, 3.63) is 41.5 Å². The van der Waals surface area contributed by atoms with Crippen molar-refractivity contribution < 1.29 is 14.6 Å². The van der Waals surface area contributed by atoms with Crippen LogP contribution in [0.5, 0.6) is 11.5 Å². The first kappa shape index (κ1) is 18.3. The molecule has 0 radical (unpaired) electrons. The average molecular weight is 314 g/mol. The number of phenolic OH excluding ortho intramolecular Hbond substituents is 1. The van der Waals surface area contributed by atoms with Crippen molar-refractivity contribution in [3.63, 3.8) is 0 Å². The molecular formula is C18H22N2O3. The minimum Gasteiger partial charge on any atom is -0.504 e. The van der Waals surface area contributed by atoms with Gasteiger partial charge in [0.25, 0.3) is 5.91 Å². The van der Waals surface area contributed by atoms with E-state index in [1.165, 1.54) is 6.08 Å². The smallest absolute Gasteiger partial charge is 0.262 e. The maximum atomic E-state index is 12.0. The number of ether oxygens (including phenoxy) is 1. The van der Waals surface area contributed by atoms with Crippen LogP contribution in [0.4, 0.5) is 0 Å². The maximum absolute atomic E-state index is 12.0. The third-order valence-electron chi connectivity index (χ3n) is 2.94. The van der Waals surface area contributed by atoms with Gasteiger partial charge >= 0.3 is 0 Å². The van der Waals surface area contributed by atoms with Crippen LogP contribution in [0, 0.1) is 11.3 Å². The summed E-state index contributed by atoms with van der Waals surface area (Å²) in [6.07, 6.45) is 3.59. The number of carbonyl (C=O) groups is 1. The number of nitrogens with zero attached hydrogens (tertiary/aromatic N) is 1. The van der Waals surface area contributed by atoms with Gasteiger partial charge in [-0.3, -0.25) is 4.79 Å². The summed E-state index contributed by atoms with van der Waals surface area (Å²) in [5, 5.41) is 22.0. The van der Waals surface area contributed by atoms with Crippen LogP contribution in [0.1, 0.15) is 31.9 Å². The minimum absolute atomic E-state index is 0.00334. The highest BCUT2D eigenvalue weighted by Crippen LogP contribution is 2.33. The number of rotatable bonds is 7. The molecule has 0 aromatic heterocycles. The van der Waals surface area contributed by atoms with Gasteiger partial charge in [0.1, 0.15) is 11.6 Å². The molecule has 1 amide bonds. The van der Waals surface area contributed by atoms with Crippen molar-refractivity contribution in [3.8, 4) is 17.6 Å². The van der Waals surface area contributed by atoms with Gasteiger partial charge in [0.05, 0.1) is 6.61 Å². The van der Waals surface area contributed by atoms with Gasteiger partial charge in [-0.1, -0.05) is 6.08 Å². The largest absolute Gasteiger partial charge is 0.504 e. The number of aromatic hydroxyl groups is 1. The lowest BCUT2D eigenvalue weighted by atomic mass is 10.0. The fourth-order valence-electron chi connectivity index (χ4n) is 2.00. The first-order valence-electron chi connectivity index (χ1n) is 7.45. The Morgan fingerprint density at radius 1 is 1.52 bits per heavy atom. The van der Waals surface area contributed by atoms with Gasteiger partial charge in [-0.05, 0) is 51.0 Å². The van der Waals surface area contributed by atoms with Crippen molar-refractivity contribution in [2.24, 2.45) is 0 Å². The average Bonchev–Trinajstić information content (AvgIpc) is 2.48. The molecular weight excluding hydrogens is 292 g/mol. The second-order valence-corrected chi connectivity index (χ2v) is 5.25. The van der Waals surface area contributed by atoms with Crippen molar-refractivity contribution >= 4 is 12.0 Å². The predicted molar refractivity (Wildman–Crippen MR) is 90.0 cm³/mol. The molecule has 5 heteroatoms. The van der Waals surface area contributed by atoms with E-state index in [1.54, 1.807) is 18.2 Å². The topological polar surface area (TPSA) is 82.4 Å². The van der Waals surface area contributed by atoms with Gasteiger partial charge in [-0.15, -0.1) is 6.58 Å². The number of nitrogens with one attached hydrogen (secondary N) is 1. The Bertz CT molecular complexity index is 655. The summed E-state index contributed by atoms with van der Waals surface area (Å²) in [6, 6.07) is 5.15. The number of hydrogen-bond acceptors (Lipinski definition) is 4. The Morgan fingerprint density at radius 2 is 2.22 bits per heavy atom. The molecule has 2 N–H and O–H groups in total. The van der Waals surface area contributed by atoms with E-state index < -0.39 is 5.91 Å². The summed E-state index contributed by atoms with van der Waals surface area (Å²) in [5.41, 5.74) is 1.23. The molecule has 0 aliphatic carbocycles. The van der Waals surface area contributed by atoms with Crippen LogP contribution in [0.15, 0.2) is 30.4 Å². The number of hydrogen-bond donors (Lipinski definition) is 2. The number of nitriles is 1. The lowest BCUT2D eigenvalue weighted by Crippen LogP contribution is -2.30. The Morgan fingerprint density at radius 3 is 2.74 bits per heavy atom. The number of carbonyl (C=O) groups excluding carboxylic acids is 1. The van der Waals surface area contributed by atoms with Crippen molar-refractivity contribution in [1.82, 2.24) is 5.32 Å². The lowest BCUT2D eigenvalue weighted by molar-refractivity contribution is -0.117. The van der Waals surface area contributed by atoms with Crippen LogP contribution in [0.3, 0.4) is 0 Å². The molecule has 23 heavy (non-hydrogen) atoms. The summed E-state index contributed by atoms with van der Waals surface area (Å²) in [4.78, 5) is 12.0. The second kappa shape index (κ2) is 8.64. The van der Waals surface area contributed by atoms with Crippen LogP contribution in [-0.4, -0.2) is 23.7 Å². The lowest BCUT2D eigenvalue weighted by Gasteiger charge is -2.12. The summed E-state index contributed by atoms with van der Waals surface area (Å²) >= 11 is 0. The van der Waals surface area contributed by atoms with E-state index in [9.17, 15) is 15.2 Å². The molecule has 0 bridgehead atoms. The van der Waals surface area contributed by atoms with Crippen LogP contribution >= 0.6 is 0 Å². The van der Waals surface area contributed by atoms with E-state index in [2.05, 4.69) is 11.9 Å². The van der Waals surface area contributed by atoms with Gasteiger partial charge < -0.3 is 15.2 Å². The molecule has 0 fully saturated rings. The number of allylic oxidation sites excluding steroid dienone is 1. The Hall–Kier alpha value is -2.74. The number of amides is 1. The predicted octanol–water partition coefficient (Wildman–Crippen LogP) is 2.95. The quantitative estimate of drug-likeness (QED) is 0.460. The molecule has 1 aromatic rings. The van der Waals surface area contributed by atoms with Crippen LogP contribution < -0.4 is 10.1 Å². The highest BCUT2D eigenvalue weighted by atomic mass is 16.5. The summed E-state index contributed by atoms with van der Waals surface area (Å²) < 4.78 is 5.41. The molecule has 1 rings (SSSR count). The zero-order chi connectivity index (χ0) is 17.4. The summed E-state index contributed by atoms with van der Waals surface area (Å²) in [5.74, 6) is -0.0625. The Kier molecular flexibility index (Phi) is 6.88. The zero-order valence-corrected chi connectivity index (χ0v) is 13.7. The van der Waals surface area contributed by atoms with Crippen molar-refractivity contribution in [1.29, 1.82) is 5.26 Å². The van der Waals surface area contributed by atoms with E-state index in [0.29, 0.717) is 29.9 Å². The molecule has 0 aliphatic rings. The zero-order valence-electron chi connectivity index (χ0n) is 13.7. The first-order chi connectivity index (χ1) is 10.9. The molecule has 1 aromatic carbocycles. The molecule has 0 spiro atoms. The van der Waals surface area contributed by atoms with Crippen LogP contribution in [0.25, 0.3) is 6.08 Å². The van der Waals surface area contributed by atoms with E-state index in [1.807, 2.05) is 26.8 Å². The fourth-order valence-corrected chi connectivity index (χ4v) is 2.00. The normalized spacial score (nSPS) is 11.0. The summed E-state index contributed by atoms with van der Waals surface area (Å²) in [7, 11) is 0. The molecule has 122 valence electrons. The fraction of sp³-hybridized carbons (Fsp3) is 0.333.